The van der Waals surface area contributed by atoms with Gasteiger partial charge in [0.25, 0.3) is 11.1 Å². The molecular weight excluding hydrogens is 400 g/mol. The first-order chi connectivity index (χ1) is 11.6. The smallest absolute Gasteiger partial charge is 0.289 e. The number of hydrogen-bond donors (Lipinski definition) is 1. The number of benzene rings is 2. The number of amides is 2. The lowest BCUT2D eigenvalue weighted by Gasteiger charge is -2.21. The third kappa shape index (κ3) is 4.32. The Morgan fingerprint density at radius 3 is 2.24 bits per heavy atom. The van der Waals surface area contributed by atoms with Crippen LogP contribution in [0.25, 0.3) is 0 Å². The number of carbonyl (C=O) groups is 2. The fourth-order valence-corrected chi connectivity index (χ4v) is 3.85. The summed E-state index contributed by atoms with van der Waals surface area (Å²) in [5, 5.41) is 3.11. The first kappa shape index (κ1) is 19.7. The quantitative estimate of drug-likeness (QED) is 0.718. The third-order valence-corrected chi connectivity index (χ3v) is 5.39. The van der Waals surface area contributed by atoms with E-state index in [-0.39, 0.29) is 28.1 Å². The summed E-state index contributed by atoms with van der Waals surface area (Å²) in [6.07, 6.45) is 0. The Morgan fingerprint density at radius 1 is 1.00 bits per heavy atom. The summed E-state index contributed by atoms with van der Waals surface area (Å²) >= 11 is 1.10. The Balaban J connectivity index is 0.00000225. The minimum atomic E-state index is -0.822. The van der Waals surface area contributed by atoms with Crippen LogP contribution in [0.3, 0.4) is 0 Å². The van der Waals surface area contributed by atoms with Crippen molar-refractivity contribution in [2.24, 2.45) is 0 Å². The van der Waals surface area contributed by atoms with Gasteiger partial charge in [-0.2, -0.15) is 0 Å². The predicted octanol–water partition coefficient (Wildman–Crippen LogP) is 3.96. The highest BCUT2D eigenvalue weighted by atomic mass is 79.9. The first-order valence-electron chi connectivity index (χ1n) is 7.96. The highest BCUT2D eigenvalue weighted by Crippen LogP contribution is 2.44. The third-order valence-electron chi connectivity index (χ3n) is 4.17. The van der Waals surface area contributed by atoms with Crippen molar-refractivity contribution in [3.05, 3.63) is 71.8 Å². The van der Waals surface area contributed by atoms with E-state index in [1.807, 2.05) is 67.6 Å². The molecule has 1 aliphatic heterocycles. The number of halogens is 1. The number of carbonyl (C=O) groups excluding carboxylic acids is 2. The van der Waals surface area contributed by atoms with E-state index < -0.39 is 4.75 Å². The molecule has 2 aromatic rings. The minimum Gasteiger partial charge on any atom is -0.311 e. The Labute approximate surface area is 162 Å². The summed E-state index contributed by atoms with van der Waals surface area (Å²) in [4.78, 5) is 26.4. The number of imide groups is 1. The normalized spacial score (nSPS) is 19.8. The van der Waals surface area contributed by atoms with Crippen molar-refractivity contribution in [3.63, 3.8) is 0 Å². The summed E-state index contributed by atoms with van der Waals surface area (Å²) in [6, 6.07) is 19.5. The van der Waals surface area contributed by atoms with Gasteiger partial charge in [0.05, 0.1) is 0 Å². The zero-order valence-corrected chi connectivity index (χ0v) is 16.5. The topological polar surface area (TPSA) is 49.4 Å². The summed E-state index contributed by atoms with van der Waals surface area (Å²) in [5.74, 6) is -0.134. The average molecular weight is 421 g/mol. The highest BCUT2D eigenvalue weighted by Gasteiger charge is 2.50. The summed E-state index contributed by atoms with van der Waals surface area (Å²) < 4.78 is -0.822. The van der Waals surface area contributed by atoms with Gasteiger partial charge in [-0.1, -0.05) is 60.7 Å². The van der Waals surface area contributed by atoms with Crippen LogP contribution in [0.4, 0.5) is 4.79 Å². The molecule has 132 valence electrons. The minimum absolute atomic E-state index is 0. The van der Waals surface area contributed by atoms with E-state index in [0.717, 1.165) is 23.9 Å². The molecule has 0 saturated carbocycles. The van der Waals surface area contributed by atoms with Crippen molar-refractivity contribution < 1.29 is 9.59 Å². The van der Waals surface area contributed by atoms with Crippen LogP contribution in [0.1, 0.15) is 18.1 Å². The molecule has 2 aromatic carbocycles. The molecule has 0 bridgehead atoms. The molecule has 4 nitrogen and oxygen atoms in total. The van der Waals surface area contributed by atoms with E-state index in [2.05, 4.69) is 5.32 Å². The Bertz CT molecular complexity index is 727. The largest absolute Gasteiger partial charge is 0.311 e. The SMILES string of the molecule is Br.CC1(c2ccccc2)SC(=O)N(CCNCc2ccccc2)C1=O. The van der Waals surface area contributed by atoms with Crippen LogP contribution in [0.2, 0.25) is 0 Å². The van der Waals surface area contributed by atoms with Crippen molar-refractivity contribution in [3.8, 4) is 0 Å². The molecule has 2 amide bonds. The number of rotatable bonds is 6. The Morgan fingerprint density at radius 2 is 1.60 bits per heavy atom. The Hall–Kier alpha value is -1.63. The monoisotopic (exact) mass is 420 g/mol. The zero-order chi connectivity index (χ0) is 17.0. The van der Waals surface area contributed by atoms with Crippen LogP contribution in [0.15, 0.2) is 60.7 Å². The van der Waals surface area contributed by atoms with Crippen LogP contribution >= 0.6 is 28.7 Å². The molecule has 1 N–H and O–H groups in total. The number of nitrogens with zero attached hydrogens (tertiary/aromatic N) is 1. The molecule has 1 atom stereocenters. The lowest BCUT2D eigenvalue weighted by Crippen LogP contribution is -2.39. The van der Waals surface area contributed by atoms with Gasteiger partial charge >= 0.3 is 0 Å². The number of nitrogens with one attached hydrogen (secondary N) is 1. The Kier molecular flexibility index (Phi) is 6.81. The maximum Gasteiger partial charge on any atom is 0.289 e. The molecule has 1 aliphatic rings. The van der Waals surface area contributed by atoms with Crippen molar-refractivity contribution in [1.82, 2.24) is 10.2 Å². The fourth-order valence-electron chi connectivity index (χ4n) is 2.76. The fraction of sp³-hybridized carbons (Fsp3) is 0.263. The van der Waals surface area contributed by atoms with Crippen LogP contribution in [-0.4, -0.2) is 29.1 Å². The van der Waals surface area contributed by atoms with Gasteiger partial charge in [-0.15, -0.1) is 17.0 Å². The predicted molar refractivity (Wildman–Crippen MR) is 107 cm³/mol. The van der Waals surface area contributed by atoms with E-state index >= 15 is 0 Å². The van der Waals surface area contributed by atoms with Gasteiger partial charge in [0, 0.05) is 19.6 Å². The van der Waals surface area contributed by atoms with Crippen LogP contribution in [0.5, 0.6) is 0 Å². The van der Waals surface area contributed by atoms with E-state index in [9.17, 15) is 9.59 Å². The van der Waals surface area contributed by atoms with Crippen molar-refractivity contribution in [2.75, 3.05) is 13.1 Å². The van der Waals surface area contributed by atoms with Crippen molar-refractivity contribution in [2.45, 2.75) is 18.2 Å². The summed E-state index contributed by atoms with van der Waals surface area (Å²) in [7, 11) is 0. The van der Waals surface area contributed by atoms with Crippen LogP contribution < -0.4 is 5.32 Å². The summed E-state index contributed by atoms with van der Waals surface area (Å²) in [5.41, 5.74) is 2.05. The molecule has 1 fully saturated rings. The van der Waals surface area contributed by atoms with E-state index in [4.69, 9.17) is 0 Å². The first-order valence-corrected chi connectivity index (χ1v) is 8.78. The van der Waals surface area contributed by atoms with Crippen LogP contribution in [-0.2, 0) is 16.1 Å². The second-order valence-corrected chi connectivity index (χ2v) is 7.26. The van der Waals surface area contributed by atoms with E-state index in [1.165, 1.54) is 10.5 Å². The number of hydrogen-bond acceptors (Lipinski definition) is 4. The molecule has 0 aromatic heterocycles. The van der Waals surface area contributed by atoms with Gasteiger partial charge in [-0.25, -0.2) is 0 Å². The molecule has 0 spiro atoms. The molecule has 25 heavy (non-hydrogen) atoms. The van der Waals surface area contributed by atoms with Crippen LogP contribution in [0, 0.1) is 0 Å². The van der Waals surface area contributed by atoms with Gasteiger partial charge in [0.15, 0.2) is 0 Å². The zero-order valence-electron chi connectivity index (χ0n) is 14.0. The average Bonchev–Trinajstić information content (AvgIpc) is 2.84. The van der Waals surface area contributed by atoms with E-state index in [1.54, 1.807) is 0 Å². The maximum atomic E-state index is 12.8. The summed E-state index contributed by atoms with van der Waals surface area (Å²) in [6.45, 7) is 3.52. The molecular formula is C19H21BrN2O2S. The maximum absolute atomic E-state index is 12.8. The second-order valence-electron chi connectivity index (χ2n) is 5.89. The van der Waals surface area contributed by atoms with E-state index in [0.29, 0.717) is 13.1 Å². The van der Waals surface area contributed by atoms with Gasteiger partial charge in [-0.3, -0.25) is 14.5 Å². The lowest BCUT2D eigenvalue weighted by molar-refractivity contribution is -0.129. The lowest BCUT2D eigenvalue weighted by atomic mass is 9.99. The standard InChI is InChI=1S/C19H20N2O2S.BrH/c1-19(16-10-6-3-7-11-16)17(22)21(18(23)24-19)13-12-20-14-15-8-4-2-5-9-15;/h2-11,20H,12-14H2,1H3;1H. The molecule has 1 heterocycles. The van der Waals surface area contributed by atoms with Crippen molar-refractivity contribution in [1.29, 1.82) is 0 Å². The number of thioether (sulfide) groups is 1. The molecule has 1 saturated heterocycles. The van der Waals surface area contributed by atoms with Crippen molar-refractivity contribution >= 4 is 39.9 Å². The second kappa shape index (κ2) is 8.65. The van der Waals surface area contributed by atoms with Gasteiger partial charge < -0.3 is 5.32 Å². The van der Waals surface area contributed by atoms with Gasteiger partial charge in [0.2, 0.25) is 0 Å². The molecule has 0 aliphatic carbocycles. The molecule has 3 rings (SSSR count). The molecule has 1 unspecified atom stereocenters. The van der Waals surface area contributed by atoms with Gasteiger partial charge in [-0.05, 0) is 29.8 Å². The van der Waals surface area contributed by atoms with Gasteiger partial charge in [0.1, 0.15) is 4.75 Å². The highest BCUT2D eigenvalue weighted by molar-refractivity contribution is 8.93. The molecule has 6 heteroatoms. The molecule has 0 radical (unpaired) electrons.